The average molecular weight is 327 g/mol. The van der Waals surface area contributed by atoms with Crippen molar-refractivity contribution in [1.82, 2.24) is 14.8 Å². The third-order valence-electron chi connectivity index (χ3n) is 2.63. The van der Waals surface area contributed by atoms with Gasteiger partial charge in [-0.3, -0.25) is 4.79 Å². The van der Waals surface area contributed by atoms with Crippen molar-refractivity contribution >= 4 is 29.3 Å². The van der Waals surface area contributed by atoms with E-state index in [-0.39, 0.29) is 11.7 Å². The van der Waals surface area contributed by atoms with E-state index in [9.17, 15) is 4.79 Å². The van der Waals surface area contributed by atoms with Gasteiger partial charge in [0.1, 0.15) is 12.4 Å². The molecule has 0 aliphatic carbocycles. The second-order valence-electron chi connectivity index (χ2n) is 4.14. The van der Waals surface area contributed by atoms with Crippen LogP contribution < -0.4 is 10.5 Å². The molecular formula is C13H15ClN4O2S. The van der Waals surface area contributed by atoms with Gasteiger partial charge in [-0.05, 0) is 31.2 Å². The predicted molar refractivity (Wildman–Crippen MR) is 81.4 cm³/mol. The number of primary amides is 1. The van der Waals surface area contributed by atoms with Crippen molar-refractivity contribution < 1.29 is 9.53 Å². The van der Waals surface area contributed by atoms with Crippen LogP contribution in [0.5, 0.6) is 5.75 Å². The molecule has 2 aromatic rings. The van der Waals surface area contributed by atoms with Crippen LogP contribution >= 0.6 is 23.4 Å². The molecule has 1 aromatic heterocycles. The van der Waals surface area contributed by atoms with Gasteiger partial charge < -0.3 is 15.0 Å². The van der Waals surface area contributed by atoms with E-state index in [4.69, 9.17) is 22.1 Å². The van der Waals surface area contributed by atoms with Crippen molar-refractivity contribution in [2.45, 2.75) is 25.2 Å². The monoisotopic (exact) mass is 326 g/mol. The average Bonchev–Trinajstić information content (AvgIpc) is 2.86. The van der Waals surface area contributed by atoms with Gasteiger partial charge in [-0.2, -0.15) is 0 Å². The number of carbonyl (C=O) groups excluding carboxylic acids is 1. The number of nitrogens with zero attached hydrogens (tertiary/aromatic N) is 3. The maximum Gasteiger partial charge on any atom is 0.227 e. The third-order valence-corrected chi connectivity index (χ3v) is 3.88. The molecule has 0 saturated heterocycles. The predicted octanol–water partition coefficient (Wildman–Crippen LogP) is 2.11. The lowest BCUT2D eigenvalue weighted by molar-refractivity contribution is -0.115. The molecule has 0 fully saturated rings. The van der Waals surface area contributed by atoms with E-state index >= 15 is 0 Å². The molecule has 0 aliphatic heterocycles. The van der Waals surface area contributed by atoms with Gasteiger partial charge in [-0.1, -0.05) is 23.4 Å². The summed E-state index contributed by atoms with van der Waals surface area (Å²) in [4.78, 5) is 10.8. The van der Waals surface area contributed by atoms with Gasteiger partial charge in [-0.25, -0.2) is 0 Å². The summed E-state index contributed by atoms with van der Waals surface area (Å²) in [6.45, 7) is 2.95. The molecule has 0 saturated carbocycles. The van der Waals surface area contributed by atoms with Crippen LogP contribution in [-0.2, 0) is 17.9 Å². The van der Waals surface area contributed by atoms with Gasteiger partial charge in [0.25, 0.3) is 0 Å². The largest absolute Gasteiger partial charge is 0.486 e. The number of thioether (sulfide) groups is 1. The first-order valence-electron chi connectivity index (χ1n) is 6.31. The maximum absolute atomic E-state index is 10.8. The van der Waals surface area contributed by atoms with E-state index in [0.717, 1.165) is 0 Å². The summed E-state index contributed by atoms with van der Waals surface area (Å²) < 4.78 is 7.54. The number of amides is 1. The molecule has 6 nitrogen and oxygen atoms in total. The minimum Gasteiger partial charge on any atom is -0.486 e. The number of hydrogen-bond acceptors (Lipinski definition) is 5. The van der Waals surface area contributed by atoms with Crippen molar-refractivity contribution in [3.63, 3.8) is 0 Å². The number of halogens is 1. The highest BCUT2D eigenvalue weighted by atomic mass is 35.5. The van der Waals surface area contributed by atoms with Gasteiger partial charge in [0.05, 0.1) is 5.75 Å². The molecule has 0 aliphatic rings. The molecule has 0 bridgehead atoms. The highest BCUT2D eigenvalue weighted by molar-refractivity contribution is 7.99. The van der Waals surface area contributed by atoms with E-state index < -0.39 is 0 Å². The fraction of sp³-hybridized carbons (Fsp3) is 0.308. The van der Waals surface area contributed by atoms with Crippen molar-refractivity contribution in [2.75, 3.05) is 5.75 Å². The molecule has 2 N–H and O–H groups in total. The van der Waals surface area contributed by atoms with Crippen LogP contribution in [0.15, 0.2) is 29.4 Å². The molecule has 21 heavy (non-hydrogen) atoms. The zero-order valence-corrected chi connectivity index (χ0v) is 13.0. The number of benzene rings is 1. The Balaban J connectivity index is 2.02. The van der Waals surface area contributed by atoms with E-state index in [0.29, 0.717) is 34.9 Å². The highest BCUT2D eigenvalue weighted by Crippen LogP contribution is 2.19. The summed E-state index contributed by atoms with van der Waals surface area (Å²) in [5.41, 5.74) is 5.13. The summed E-state index contributed by atoms with van der Waals surface area (Å²) in [5.74, 6) is 1.19. The van der Waals surface area contributed by atoms with Crippen molar-refractivity contribution in [3.05, 3.63) is 35.1 Å². The van der Waals surface area contributed by atoms with Crippen LogP contribution in [0, 0.1) is 0 Å². The molecule has 0 radical (unpaired) electrons. The number of ether oxygens (including phenoxy) is 1. The topological polar surface area (TPSA) is 83.0 Å². The van der Waals surface area contributed by atoms with E-state index in [1.165, 1.54) is 11.8 Å². The minimum absolute atomic E-state index is 0.177. The molecule has 2 rings (SSSR count). The lowest BCUT2D eigenvalue weighted by Crippen LogP contribution is -2.14. The molecule has 1 heterocycles. The van der Waals surface area contributed by atoms with Crippen LogP contribution in [0.25, 0.3) is 0 Å². The third kappa shape index (κ3) is 4.37. The number of rotatable bonds is 7. The Bertz CT molecular complexity index is 615. The maximum atomic E-state index is 10.8. The normalized spacial score (nSPS) is 10.6. The van der Waals surface area contributed by atoms with Crippen molar-refractivity contribution in [1.29, 1.82) is 0 Å². The van der Waals surface area contributed by atoms with E-state index in [2.05, 4.69) is 10.2 Å². The molecule has 0 unspecified atom stereocenters. The number of carbonyl (C=O) groups is 1. The summed E-state index contributed by atoms with van der Waals surface area (Å²) >= 11 is 7.08. The Morgan fingerprint density at radius 1 is 1.38 bits per heavy atom. The van der Waals surface area contributed by atoms with Gasteiger partial charge >= 0.3 is 0 Å². The van der Waals surface area contributed by atoms with Crippen molar-refractivity contribution in [3.8, 4) is 5.75 Å². The lowest BCUT2D eigenvalue weighted by atomic mass is 10.3. The standard InChI is InChI=1S/C13H15ClN4O2S/c1-2-18-12(16-17-13(18)21-8-11(15)19)7-20-10-5-3-9(14)4-6-10/h3-6H,2,7-8H2,1H3,(H2,15,19). The quantitative estimate of drug-likeness (QED) is 0.788. The second-order valence-corrected chi connectivity index (χ2v) is 5.52. The first kappa shape index (κ1) is 15.7. The van der Waals surface area contributed by atoms with Gasteiger partial charge in [-0.15, -0.1) is 10.2 Å². The molecule has 0 atom stereocenters. The fourth-order valence-corrected chi connectivity index (χ4v) is 2.55. The second kappa shape index (κ2) is 7.33. The Labute approximate surface area is 131 Å². The number of aromatic nitrogens is 3. The highest BCUT2D eigenvalue weighted by Gasteiger charge is 2.12. The molecule has 8 heteroatoms. The molecule has 1 amide bonds. The van der Waals surface area contributed by atoms with Crippen LogP contribution in [-0.4, -0.2) is 26.4 Å². The summed E-state index contributed by atoms with van der Waals surface area (Å²) in [6.07, 6.45) is 0. The zero-order valence-electron chi connectivity index (χ0n) is 11.5. The van der Waals surface area contributed by atoms with E-state index in [1.807, 2.05) is 11.5 Å². The first-order valence-corrected chi connectivity index (χ1v) is 7.68. The lowest BCUT2D eigenvalue weighted by Gasteiger charge is -2.08. The molecule has 1 aromatic carbocycles. The van der Waals surface area contributed by atoms with Crippen molar-refractivity contribution in [2.24, 2.45) is 5.73 Å². The SMILES string of the molecule is CCn1c(COc2ccc(Cl)cc2)nnc1SCC(N)=O. The van der Waals surface area contributed by atoms with E-state index in [1.54, 1.807) is 24.3 Å². The van der Waals surface area contributed by atoms with Crippen LogP contribution in [0.4, 0.5) is 0 Å². The minimum atomic E-state index is -0.385. The Hall–Kier alpha value is -1.73. The van der Waals surface area contributed by atoms with Crippen LogP contribution in [0.2, 0.25) is 5.02 Å². The fourth-order valence-electron chi connectivity index (χ4n) is 1.66. The summed E-state index contributed by atoms with van der Waals surface area (Å²) in [6, 6.07) is 7.10. The first-order chi connectivity index (χ1) is 10.1. The van der Waals surface area contributed by atoms with Gasteiger partial charge in [0, 0.05) is 11.6 Å². The molecular weight excluding hydrogens is 312 g/mol. The van der Waals surface area contributed by atoms with Gasteiger partial charge in [0.15, 0.2) is 11.0 Å². The Kier molecular flexibility index (Phi) is 5.46. The Morgan fingerprint density at radius 2 is 2.10 bits per heavy atom. The zero-order chi connectivity index (χ0) is 15.2. The number of hydrogen-bond donors (Lipinski definition) is 1. The van der Waals surface area contributed by atoms with Crippen LogP contribution in [0.3, 0.4) is 0 Å². The molecule has 112 valence electrons. The number of nitrogens with two attached hydrogens (primary N) is 1. The Morgan fingerprint density at radius 3 is 2.71 bits per heavy atom. The molecule has 0 spiro atoms. The van der Waals surface area contributed by atoms with Gasteiger partial charge in [0.2, 0.25) is 5.91 Å². The summed E-state index contributed by atoms with van der Waals surface area (Å²) in [7, 11) is 0. The smallest absolute Gasteiger partial charge is 0.227 e. The van der Waals surface area contributed by atoms with Crippen LogP contribution in [0.1, 0.15) is 12.7 Å². The summed E-state index contributed by atoms with van der Waals surface area (Å²) in [5, 5.41) is 9.45.